The van der Waals surface area contributed by atoms with Crippen molar-refractivity contribution in [2.24, 2.45) is 5.41 Å². The SMILES string of the molecule is CCCCCCCCCC=CN1C(=O)CC(C)(C)C1=O. The summed E-state index contributed by atoms with van der Waals surface area (Å²) in [7, 11) is 0. The van der Waals surface area contributed by atoms with Gasteiger partial charge in [-0.15, -0.1) is 0 Å². The zero-order valence-electron chi connectivity index (χ0n) is 13.3. The summed E-state index contributed by atoms with van der Waals surface area (Å²) in [5.41, 5.74) is -0.527. The molecule has 0 bridgehead atoms. The van der Waals surface area contributed by atoms with Gasteiger partial charge < -0.3 is 0 Å². The van der Waals surface area contributed by atoms with Gasteiger partial charge in [0.1, 0.15) is 0 Å². The van der Waals surface area contributed by atoms with Gasteiger partial charge in [-0.3, -0.25) is 14.5 Å². The van der Waals surface area contributed by atoms with Crippen LogP contribution in [0.25, 0.3) is 0 Å². The summed E-state index contributed by atoms with van der Waals surface area (Å²) in [6.07, 6.45) is 13.9. The second-order valence-electron chi connectivity index (χ2n) is 6.42. The van der Waals surface area contributed by atoms with Gasteiger partial charge in [0, 0.05) is 12.6 Å². The van der Waals surface area contributed by atoms with E-state index in [1.165, 1.54) is 43.4 Å². The van der Waals surface area contributed by atoms with Gasteiger partial charge in [-0.2, -0.15) is 0 Å². The highest BCUT2D eigenvalue weighted by molar-refractivity contribution is 6.06. The number of unbranched alkanes of at least 4 members (excludes halogenated alkanes) is 7. The van der Waals surface area contributed by atoms with Gasteiger partial charge in [0.15, 0.2) is 0 Å². The molecule has 1 heterocycles. The Hall–Kier alpha value is -1.12. The van der Waals surface area contributed by atoms with Crippen molar-refractivity contribution in [1.29, 1.82) is 0 Å². The van der Waals surface area contributed by atoms with Crippen LogP contribution < -0.4 is 0 Å². The predicted molar refractivity (Wildman–Crippen MR) is 82.0 cm³/mol. The highest BCUT2D eigenvalue weighted by Crippen LogP contribution is 2.31. The molecule has 0 N–H and O–H groups in total. The summed E-state index contributed by atoms with van der Waals surface area (Å²) in [4.78, 5) is 25.0. The number of rotatable bonds is 9. The Bertz CT molecular complexity index is 358. The molecule has 1 fully saturated rings. The molecule has 0 aromatic carbocycles. The lowest BCUT2D eigenvalue weighted by Crippen LogP contribution is -2.28. The number of nitrogens with zero attached hydrogens (tertiary/aromatic N) is 1. The monoisotopic (exact) mass is 279 g/mol. The van der Waals surface area contributed by atoms with E-state index in [4.69, 9.17) is 0 Å². The maximum atomic E-state index is 12.0. The van der Waals surface area contributed by atoms with E-state index in [2.05, 4.69) is 6.92 Å². The van der Waals surface area contributed by atoms with Gasteiger partial charge in [0.25, 0.3) is 0 Å². The van der Waals surface area contributed by atoms with Crippen LogP contribution in [0.1, 0.15) is 78.6 Å². The molecule has 1 rings (SSSR count). The van der Waals surface area contributed by atoms with Crippen molar-refractivity contribution in [2.75, 3.05) is 0 Å². The van der Waals surface area contributed by atoms with Crippen LogP contribution in [0.4, 0.5) is 0 Å². The van der Waals surface area contributed by atoms with Gasteiger partial charge in [-0.25, -0.2) is 0 Å². The van der Waals surface area contributed by atoms with Crippen LogP contribution in [0, 0.1) is 5.41 Å². The minimum atomic E-state index is -0.527. The van der Waals surface area contributed by atoms with Crippen LogP contribution >= 0.6 is 0 Å². The maximum Gasteiger partial charge on any atom is 0.239 e. The van der Waals surface area contributed by atoms with Crippen molar-refractivity contribution in [3.05, 3.63) is 12.3 Å². The molecule has 1 aliphatic rings. The lowest BCUT2D eigenvalue weighted by Gasteiger charge is -2.13. The van der Waals surface area contributed by atoms with Crippen LogP contribution in [0.15, 0.2) is 12.3 Å². The van der Waals surface area contributed by atoms with Crippen molar-refractivity contribution in [3.8, 4) is 0 Å². The Labute approximate surface area is 123 Å². The van der Waals surface area contributed by atoms with Crippen molar-refractivity contribution in [3.63, 3.8) is 0 Å². The predicted octanol–water partition coefficient (Wildman–Crippen LogP) is 4.43. The second-order valence-corrected chi connectivity index (χ2v) is 6.42. The lowest BCUT2D eigenvalue weighted by atomic mass is 9.92. The standard InChI is InChI=1S/C17H29NO2/c1-4-5-6-7-8-9-10-11-12-13-18-15(19)14-17(2,3)16(18)20/h12-13H,4-11,14H2,1-3H3. The Kier molecular flexibility index (Phi) is 6.97. The molecule has 3 nitrogen and oxygen atoms in total. The van der Waals surface area contributed by atoms with E-state index in [0.29, 0.717) is 6.42 Å². The van der Waals surface area contributed by atoms with Gasteiger partial charge in [0.2, 0.25) is 11.8 Å². The fourth-order valence-electron chi connectivity index (χ4n) is 2.53. The molecule has 0 aromatic heterocycles. The van der Waals surface area contributed by atoms with Crippen LogP contribution in [0.2, 0.25) is 0 Å². The average Bonchev–Trinajstić information content (AvgIpc) is 2.58. The van der Waals surface area contributed by atoms with E-state index in [1.807, 2.05) is 19.9 Å². The van der Waals surface area contributed by atoms with Crippen molar-refractivity contribution >= 4 is 11.8 Å². The maximum absolute atomic E-state index is 12.0. The topological polar surface area (TPSA) is 37.4 Å². The lowest BCUT2D eigenvalue weighted by molar-refractivity contribution is -0.137. The third kappa shape index (κ3) is 5.10. The fraction of sp³-hybridized carbons (Fsp3) is 0.765. The van der Waals surface area contributed by atoms with Crippen LogP contribution in [0.3, 0.4) is 0 Å². The number of hydrogen-bond donors (Lipinski definition) is 0. The first-order valence-electron chi connectivity index (χ1n) is 8.02. The minimum absolute atomic E-state index is 0.0710. The van der Waals surface area contributed by atoms with Crippen LogP contribution in [-0.2, 0) is 9.59 Å². The first kappa shape index (κ1) is 16.9. The van der Waals surface area contributed by atoms with E-state index in [1.54, 1.807) is 6.20 Å². The molecule has 0 unspecified atom stereocenters. The highest BCUT2D eigenvalue weighted by atomic mass is 16.2. The number of likely N-dealkylation sites (tertiary alicyclic amines) is 1. The summed E-state index contributed by atoms with van der Waals surface area (Å²) in [6.45, 7) is 5.89. The molecule has 0 aromatic rings. The minimum Gasteiger partial charge on any atom is -0.274 e. The van der Waals surface area contributed by atoms with E-state index in [9.17, 15) is 9.59 Å². The number of amides is 2. The molecule has 1 saturated heterocycles. The number of carbonyl (C=O) groups excluding carboxylic acids is 2. The molecule has 0 radical (unpaired) electrons. The summed E-state index contributed by atoms with van der Waals surface area (Å²) in [5.74, 6) is -0.144. The summed E-state index contributed by atoms with van der Waals surface area (Å²) < 4.78 is 0. The highest BCUT2D eigenvalue weighted by Gasteiger charge is 2.43. The Balaban J connectivity index is 2.16. The number of hydrogen-bond acceptors (Lipinski definition) is 2. The molecule has 0 saturated carbocycles. The van der Waals surface area contributed by atoms with Gasteiger partial charge >= 0.3 is 0 Å². The molecule has 3 heteroatoms. The zero-order valence-corrected chi connectivity index (χ0v) is 13.3. The molecule has 2 amide bonds. The number of allylic oxidation sites excluding steroid dienone is 1. The van der Waals surface area contributed by atoms with E-state index in [-0.39, 0.29) is 11.8 Å². The van der Waals surface area contributed by atoms with E-state index in [0.717, 1.165) is 12.8 Å². The molecule has 0 spiro atoms. The summed E-state index contributed by atoms with van der Waals surface area (Å²) >= 11 is 0. The Morgan fingerprint density at radius 2 is 1.65 bits per heavy atom. The molecule has 114 valence electrons. The Morgan fingerprint density at radius 3 is 2.20 bits per heavy atom. The van der Waals surface area contributed by atoms with E-state index < -0.39 is 5.41 Å². The van der Waals surface area contributed by atoms with Crippen molar-refractivity contribution < 1.29 is 9.59 Å². The number of carbonyl (C=O) groups is 2. The van der Waals surface area contributed by atoms with Crippen molar-refractivity contribution in [1.82, 2.24) is 4.90 Å². The van der Waals surface area contributed by atoms with Crippen LogP contribution in [-0.4, -0.2) is 16.7 Å². The molecule has 0 aliphatic carbocycles. The molecular formula is C17H29NO2. The third-order valence-corrected chi connectivity index (χ3v) is 3.89. The van der Waals surface area contributed by atoms with E-state index >= 15 is 0 Å². The molecular weight excluding hydrogens is 250 g/mol. The first-order chi connectivity index (χ1) is 9.49. The Morgan fingerprint density at radius 1 is 1.05 bits per heavy atom. The first-order valence-corrected chi connectivity index (χ1v) is 8.02. The quantitative estimate of drug-likeness (QED) is 0.462. The van der Waals surface area contributed by atoms with Crippen LogP contribution in [0.5, 0.6) is 0 Å². The van der Waals surface area contributed by atoms with Crippen molar-refractivity contribution in [2.45, 2.75) is 78.6 Å². The largest absolute Gasteiger partial charge is 0.274 e. The third-order valence-electron chi connectivity index (χ3n) is 3.89. The fourth-order valence-corrected chi connectivity index (χ4v) is 2.53. The summed E-state index contributed by atoms with van der Waals surface area (Å²) in [6, 6.07) is 0. The van der Waals surface area contributed by atoms with Gasteiger partial charge in [0.05, 0.1) is 5.41 Å². The smallest absolute Gasteiger partial charge is 0.239 e. The molecule has 20 heavy (non-hydrogen) atoms. The second kappa shape index (κ2) is 8.23. The molecule has 0 atom stereocenters. The molecule has 1 aliphatic heterocycles. The normalized spacial score (nSPS) is 18.4. The van der Waals surface area contributed by atoms with Gasteiger partial charge in [-0.05, 0) is 12.8 Å². The summed E-state index contributed by atoms with van der Waals surface area (Å²) in [5, 5.41) is 0. The average molecular weight is 279 g/mol. The van der Waals surface area contributed by atoms with Gasteiger partial charge in [-0.1, -0.05) is 65.4 Å². The number of imide groups is 1. The zero-order chi connectivity index (χ0) is 15.0.